The largest absolute Gasteiger partial charge is 0.343 e. The number of para-hydroxylation sites is 1. The maximum Gasteiger partial charge on any atom is 0.123 e. The molecule has 3 aromatic carbocycles. The number of nitrogens with one attached hydrogen (secondary N) is 1. The highest BCUT2D eigenvalue weighted by molar-refractivity contribution is 6.30. The van der Waals surface area contributed by atoms with Gasteiger partial charge in [-0.2, -0.15) is 0 Å². The van der Waals surface area contributed by atoms with Gasteiger partial charge >= 0.3 is 0 Å². The molecule has 0 aliphatic rings. The minimum absolute atomic E-state index is 0.205. The third kappa shape index (κ3) is 4.21. The first-order chi connectivity index (χ1) is 13.2. The Kier molecular flexibility index (Phi) is 5.23. The lowest BCUT2D eigenvalue weighted by Crippen LogP contribution is -2.12. The second-order valence-corrected chi connectivity index (χ2v) is 7.09. The van der Waals surface area contributed by atoms with E-state index in [1.165, 1.54) is 34.2 Å². The molecule has 0 fully saturated rings. The molecule has 0 saturated heterocycles. The predicted octanol–water partition coefficient (Wildman–Crippen LogP) is 5.77. The molecule has 27 heavy (non-hydrogen) atoms. The maximum atomic E-state index is 13.0. The number of aromatic nitrogens is 1. The summed E-state index contributed by atoms with van der Waals surface area (Å²) in [7, 11) is 0. The SMILES string of the molecule is Fc1ccc(CNCc2cn(Cc3ccc(Cl)cc3)c3ccccc23)cc1. The summed E-state index contributed by atoms with van der Waals surface area (Å²) in [5.41, 5.74) is 4.75. The zero-order valence-electron chi connectivity index (χ0n) is 14.8. The number of fused-ring (bicyclic) bond motifs is 1. The summed E-state index contributed by atoms with van der Waals surface area (Å²) in [6.07, 6.45) is 2.21. The van der Waals surface area contributed by atoms with Crippen LogP contribution in [0.1, 0.15) is 16.7 Å². The highest BCUT2D eigenvalue weighted by Crippen LogP contribution is 2.23. The van der Waals surface area contributed by atoms with Gasteiger partial charge in [-0.3, -0.25) is 0 Å². The van der Waals surface area contributed by atoms with E-state index in [9.17, 15) is 4.39 Å². The van der Waals surface area contributed by atoms with E-state index in [0.717, 1.165) is 23.7 Å². The molecule has 0 amide bonds. The number of rotatable bonds is 6. The number of halogens is 2. The van der Waals surface area contributed by atoms with Crippen LogP contribution in [0.15, 0.2) is 79.0 Å². The van der Waals surface area contributed by atoms with Crippen LogP contribution >= 0.6 is 11.6 Å². The number of nitrogens with zero attached hydrogens (tertiary/aromatic N) is 1. The standard InChI is InChI=1S/C23H20ClFN2/c24-20-9-5-18(6-10-20)15-27-16-19(22-3-1-2-4-23(22)27)14-26-13-17-7-11-21(25)12-8-17/h1-12,16,26H,13-15H2. The highest BCUT2D eigenvalue weighted by atomic mass is 35.5. The molecule has 0 saturated carbocycles. The first-order valence-corrected chi connectivity index (χ1v) is 9.33. The summed E-state index contributed by atoms with van der Waals surface area (Å²) in [6.45, 7) is 2.26. The Balaban J connectivity index is 1.52. The third-order valence-electron chi connectivity index (χ3n) is 4.70. The average Bonchev–Trinajstić information content (AvgIpc) is 3.03. The summed E-state index contributed by atoms with van der Waals surface area (Å²) >= 11 is 5.99. The Morgan fingerprint density at radius 2 is 1.52 bits per heavy atom. The zero-order chi connectivity index (χ0) is 18.6. The van der Waals surface area contributed by atoms with Crippen molar-refractivity contribution >= 4 is 22.5 Å². The van der Waals surface area contributed by atoms with Gasteiger partial charge in [-0.25, -0.2) is 4.39 Å². The smallest absolute Gasteiger partial charge is 0.123 e. The van der Waals surface area contributed by atoms with Crippen LogP contribution in [0.3, 0.4) is 0 Å². The molecule has 1 heterocycles. The highest BCUT2D eigenvalue weighted by Gasteiger charge is 2.08. The van der Waals surface area contributed by atoms with Gasteiger partial charge < -0.3 is 9.88 Å². The van der Waals surface area contributed by atoms with Crippen LogP contribution in [0.2, 0.25) is 5.02 Å². The van der Waals surface area contributed by atoms with Gasteiger partial charge in [0, 0.05) is 41.8 Å². The molecule has 1 aromatic heterocycles. The quantitative estimate of drug-likeness (QED) is 0.450. The monoisotopic (exact) mass is 378 g/mol. The Morgan fingerprint density at radius 3 is 2.30 bits per heavy atom. The summed E-state index contributed by atoms with van der Waals surface area (Å²) in [5, 5.41) is 5.46. The van der Waals surface area contributed by atoms with E-state index >= 15 is 0 Å². The molecule has 0 spiro atoms. The van der Waals surface area contributed by atoms with Crippen molar-refractivity contribution in [1.82, 2.24) is 9.88 Å². The first kappa shape index (κ1) is 17.8. The van der Waals surface area contributed by atoms with E-state index in [2.05, 4.69) is 52.5 Å². The zero-order valence-corrected chi connectivity index (χ0v) is 15.6. The Bertz CT molecular complexity index is 1040. The van der Waals surface area contributed by atoms with Gasteiger partial charge in [0.2, 0.25) is 0 Å². The third-order valence-corrected chi connectivity index (χ3v) is 4.95. The predicted molar refractivity (Wildman–Crippen MR) is 109 cm³/mol. The van der Waals surface area contributed by atoms with Crippen molar-refractivity contribution in [3.05, 3.63) is 107 Å². The lowest BCUT2D eigenvalue weighted by molar-refractivity contribution is 0.625. The molecular formula is C23H20ClFN2. The minimum Gasteiger partial charge on any atom is -0.343 e. The van der Waals surface area contributed by atoms with Crippen molar-refractivity contribution in [3.63, 3.8) is 0 Å². The summed E-state index contributed by atoms with van der Waals surface area (Å²) in [6, 6.07) is 23.0. The maximum absolute atomic E-state index is 13.0. The number of benzene rings is 3. The molecule has 0 aliphatic carbocycles. The van der Waals surface area contributed by atoms with E-state index in [0.29, 0.717) is 6.54 Å². The van der Waals surface area contributed by atoms with Gasteiger partial charge in [0.05, 0.1) is 0 Å². The van der Waals surface area contributed by atoms with E-state index < -0.39 is 0 Å². The van der Waals surface area contributed by atoms with E-state index in [1.807, 2.05) is 24.3 Å². The fourth-order valence-electron chi connectivity index (χ4n) is 3.32. The average molecular weight is 379 g/mol. The van der Waals surface area contributed by atoms with Crippen LogP contribution in [-0.4, -0.2) is 4.57 Å². The molecule has 4 aromatic rings. The van der Waals surface area contributed by atoms with Gasteiger partial charge in [-0.15, -0.1) is 0 Å². The summed E-state index contributed by atoms with van der Waals surface area (Å²) < 4.78 is 15.3. The van der Waals surface area contributed by atoms with Crippen LogP contribution in [0.5, 0.6) is 0 Å². The van der Waals surface area contributed by atoms with Crippen molar-refractivity contribution in [2.45, 2.75) is 19.6 Å². The van der Waals surface area contributed by atoms with Gasteiger partial charge in [-0.05, 0) is 47.0 Å². The molecule has 136 valence electrons. The van der Waals surface area contributed by atoms with Gasteiger partial charge in [0.1, 0.15) is 5.82 Å². The van der Waals surface area contributed by atoms with Crippen molar-refractivity contribution in [2.75, 3.05) is 0 Å². The van der Waals surface area contributed by atoms with Crippen molar-refractivity contribution in [2.24, 2.45) is 0 Å². The van der Waals surface area contributed by atoms with Crippen LogP contribution < -0.4 is 5.32 Å². The van der Waals surface area contributed by atoms with Crippen molar-refractivity contribution < 1.29 is 4.39 Å². The lowest BCUT2D eigenvalue weighted by atomic mass is 10.1. The second-order valence-electron chi connectivity index (χ2n) is 6.66. The molecule has 4 heteroatoms. The Labute approximate surface area is 163 Å². The lowest BCUT2D eigenvalue weighted by Gasteiger charge is -2.05. The molecule has 0 bridgehead atoms. The van der Waals surface area contributed by atoms with Gasteiger partial charge in [-0.1, -0.05) is 54.1 Å². The summed E-state index contributed by atoms with van der Waals surface area (Å²) in [4.78, 5) is 0. The molecule has 0 unspecified atom stereocenters. The minimum atomic E-state index is -0.205. The molecule has 0 radical (unpaired) electrons. The molecule has 2 nitrogen and oxygen atoms in total. The molecule has 1 N–H and O–H groups in total. The fraction of sp³-hybridized carbons (Fsp3) is 0.130. The van der Waals surface area contributed by atoms with E-state index in [4.69, 9.17) is 11.6 Å². The van der Waals surface area contributed by atoms with E-state index in [1.54, 1.807) is 0 Å². The van der Waals surface area contributed by atoms with E-state index in [-0.39, 0.29) is 5.82 Å². The second kappa shape index (κ2) is 7.95. The molecule has 0 aliphatic heterocycles. The first-order valence-electron chi connectivity index (χ1n) is 8.95. The van der Waals surface area contributed by atoms with Crippen LogP contribution in [-0.2, 0) is 19.6 Å². The summed E-state index contributed by atoms with van der Waals surface area (Å²) in [5.74, 6) is -0.205. The van der Waals surface area contributed by atoms with Crippen LogP contribution in [0, 0.1) is 5.82 Å². The van der Waals surface area contributed by atoms with Crippen LogP contribution in [0.25, 0.3) is 10.9 Å². The van der Waals surface area contributed by atoms with Crippen molar-refractivity contribution in [3.8, 4) is 0 Å². The Hall–Kier alpha value is -2.62. The number of hydrogen-bond donors (Lipinski definition) is 1. The van der Waals surface area contributed by atoms with Crippen molar-refractivity contribution in [1.29, 1.82) is 0 Å². The fourth-order valence-corrected chi connectivity index (χ4v) is 3.45. The van der Waals surface area contributed by atoms with Crippen LogP contribution in [0.4, 0.5) is 4.39 Å². The number of hydrogen-bond acceptors (Lipinski definition) is 1. The molecule has 0 atom stereocenters. The topological polar surface area (TPSA) is 17.0 Å². The normalized spacial score (nSPS) is 11.2. The Morgan fingerprint density at radius 1 is 0.815 bits per heavy atom. The molecule has 4 rings (SSSR count). The van der Waals surface area contributed by atoms with Gasteiger partial charge in [0.15, 0.2) is 0 Å². The van der Waals surface area contributed by atoms with Gasteiger partial charge in [0.25, 0.3) is 0 Å². The molecular weight excluding hydrogens is 359 g/mol.